The molecule has 2 N–H and O–H groups in total. The van der Waals surface area contributed by atoms with Gasteiger partial charge in [-0.25, -0.2) is 9.97 Å². The first-order chi connectivity index (χ1) is 7.77. The van der Waals surface area contributed by atoms with Crippen molar-refractivity contribution in [2.24, 2.45) is 0 Å². The number of hydrogen-bond donors (Lipinski definition) is 2. The van der Waals surface area contributed by atoms with Crippen LogP contribution in [0.1, 0.15) is 10.4 Å². The summed E-state index contributed by atoms with van der Waals surface area (Å²) in [6.45, 7) is 0. The molecule has 0 radical (unpaired) electrons. The average Bonchev–Trinajstić information content (AvgIpc) is 2.31. The Labute approximate surface area is 90.4 Å². The Morgan fingerprint density at radius 3 is 2.75 bits per heavy atom. The van der Waals surface area contributed by atoms with Crippen molar-refractivity contribution in [2.45, 2.75) is 0 Å². The third-order valence-corrected chi connectivity index (χ3v) is 1.89. The van der Waals surface area contributed by atoms with E-state index in [0.717, 1.165) is 0 Å². The van der Waals surface area contributed by atoms with Crippen LogP contribution in [0.25, 0.3) is 0 Å². The largest absolute Gasteiger partial charge is 0.367 e. The zero-order chi connectivity index (χ0) is 11.4. The maximum Gasteiger partial charge on any atom is 0.261 e. The maximum atomic E-state index is 11.6. The number of nitrogens with one attached hydrogen (secondary N) is 2. The van der Waals surface area contributed by atoms with Crippen molar-refractivity contribution < 1.29 is 4.79 Å². The Bertz CT molecular complexity index is 550. The van der Waals surface area contributed by atoms with Crippen LogP contribution in [0, 0.1) is 0 Å². The van der Waals surface area contributed by atoms with Crippen molar-refractivity contribution in [1.82, 2.24) is 15.0 Å². The predicted octanol–water partition coefficient (Wildman–Crippen LogP) is 0.417. The van der Waals surface area contributed by atoms with Crippen LogP contribution in [0.3, 0.4) is 0 Å². The smallest absolute Gasteiger partial charge is 0.261 e. The molecular formula is C10H8N4O2. The van der Waals surface area contributed by atoms with Gasteiger partial charge in [0.1, 0.15) is 11.9 Å². The van der Waals surface area contributed by atoms with Crippen molar-refractivity contribution >= 4 is 11.6 Å². The third kappa shape index (κ3) is 2.11. The molecule has 0 saturated carbocycles. The Balaban J connectivity index is 2.22. The fourth-order valence-electron chi connectivity index (χ4n) is 1.16. The summed E-state index contributed by atoms with van der Waals surface area (Å²) < 4.78 is 0. The lowest BCUT2D eigenvalue weighted by molar-refractivity contribution is 0.102. The minimum absolute atomic E-state index is 0.0475. The number of hydrogen-bond acceptors (Lipinski definition) is 4. The summed E-state index contributed by atoms with van der Waals surface area (Å²) in [5, 5.41) is 2.52. The van der Waals surface area contributed by atoms with E-state index in [4.69, 9.17) is 0 Å². The van der Waals surface area contributed by atoms with Gasteiger partial charge in [0, 0.05) is 18.5 Å². The molecule has 2 aromatic rings. The Morgan fingerprint density at radius 2 is 2.06 bits per heavy atom. The highest BCUT2D eigenvalue weighted by Gasteiger charge is 2.09. The molecule has 1 amide bonds. The first-order valence-electron chi connectivity index (χ1n) is 4.51. The first-order valence-corrected chi connectivity index (χ1v) is 4.51. The zero-order valence-corrected chi connectivity index (χ0v) is 8.18. The Hall–Kier alpha value is -2.50. The van der Waals surface area contributed by atoms with Gasteiger partial charge in [-0.2, -0.15) is 0 Å². The number of rotatable bonds is 2. The summed E-state index contributed by atoms with van der Waals surface area (Å²) >= 11 is 0. The normalized spacial score (nSPS) is 9.75. The molecule has 16 heavy (non-hydrogen) atoms. The number of amides is 1. The second-order valence-electron chi connectivity index (χ2n) is 3.00. The third-order valence-electron chi connectivity index (χ3n) is 1.89. The van der Waals surface area contributed by atoms with Crippen molar-refractivity contribution in [2.75, 3.05) is 5.32 Å². The molecule has 6 heteroatoms. The Morgan fingerprint density at radius 1 is 1.31 bits per heavy atom. The van der Waals surface area contributed by atoms with Gasteiger partial charge in [0.25, 0.3) is 5.91 Å². The fourth-order valence-corrected chi connectivity index (χ4v) is 1.16. The van der Waals surface area contributed by atoms with Gasteiger partial charge in [0.15, 0.2) is 5.43 Å². The molecule has 0 aliphatic carbocycles. The zero-order valence-electron chi connectivity index (χ0n) is 8.18. The van der Waals surface area contributed by atoms with Gasteiger partial charge < -0.3 is 10.3 Å². The van der Waals surface area contributed by atoms with Crippen LogP contribution in [-0.2, 0) is 0 Å². The summed E-state index contributed by atoms with van der Waals surface area (Å²) in [5.74, 6) is -0.489. The molecule has 2 aromatic heterocycles. The van der Waals surface area contributed by atoms with Crippen molar-refractivity contribution in [3.8, 4) is 0 Å². The second kappa shape index (κ2) is 4.35. The van der Waals surface area contributed by atoms with E-state index in [2.05, 4.69) is 20.3 Å². The number of aromatic nitrogens is 3. The van der Waals surface area contributed by atoms with Gasteiger partial charge in [0.05, 0.1) is 18.1 Å². The molecule has 0 unspecified atom stereocenters. The Kier molecular flexibility index (Phi) is 2.73. The standard InChI is InChI=1S/C10H8N4O2/c15-9-1-2-11-5-8(9)10(16)14-7-3-12-6-13-4-7/h1-6H,(H,11,15)(H,14,16). The van der Waals surface area contributed by atoms with E-state index in [9.17, 15) is 9.59 Å². The molecule has 0 saturated heterocycles. The van der Waals surface area contributed by atoms with E-state index in [0.29, 0.717) is 5.69 Å². The van der Waals surface area contributed by atoms with Crippen LogP contribution in [0.15, 0.2) is 42.0 Å². The lowest BCUT2D eigenvalue weighted by atomic mass is 10.2. The highest BCUT2D eigenvalue weighted by Crippen LogP contribution is 2.02. The summed E-state index contributed by atoms with van der Waals surface area (Å²) in [7, 11) is 0. The molecule has 2 heterocycles. The molecular weight excluding hydrogens is 208 g/mol. The number of carbonyl (C=O) groups is 1. The summed E-state index contributed by atoms with van der Waals surface area (Å²) in [5.41, 5.74) is 0.148. The average molecular weight is 216 g/mol. The van der Waals surface area contributed by atoms with E-state index in [1.807, 2.05) is 0 Å². The SMILES string of the molecule is O=C(Nc1cncnc1)c1c[nH]ccc1=O. The van der Waals surface area contributed by atoms with E-state index in [1.54, 1.807) is 0 Å². The molecule has 0 aliphatic heterocycles. The van der Waals surface area contributed by atoms with Crippen LogP contribution in [0.4, 0.5) is 5.69 Å². The molecule has 0 aliphatic rings. The van der Waals surface area contributed by atoms with E-state index >= 15 is 0 Å². The molecule has 80 valence electrons. The summed E-state index contributed by atoms with van der Waals surface area (Å²) in [4.78, 5) is 33.1. The number of aromatic amines is 1. The second-order valence-corrected chi connectivity index (χ2v) is 3.00. The van der Waals surface area contributed by atoms with Crippen LogP contribution in [0.5, 0.6) is 0 Å². The van der Waals surface area contributed by atoms with E-state index in [1.165, 1.54) is 37.2 Å². The van der Waals surface area contributed by atoms with Crippen LogP contribution >= 0.6 is 0 Å². The highest BCUT2D eigenvalue weighted by molar-refractivity contribution is 6.03. The summed E-state index contributed by atoms with van der Waals surface area (Å²) in [6.07, 6.45) is 7.06. The van der Waals surface area contributed by atoms with Gasteiger partial charge in [-0.15, -0.1) is 0 Å². The van der Waals surface area contributed by atoms with Gasteiger partial charge >= 0.3 is 0 Å². The van der Waals surface area contributed by atoms with E-state index < -0.39 is 5.91 Å². The van der Waals surface area contributed by atoms with Gasteiger partial charge in [-0.05, 0) is 0 Å². The number of H-pyrrole nitrogens is 1. The maximum absolute atomic E-state index is 11.6. The van der Waals surface area contributed by atoms with Crippen molar-refractivity contribution in [1.29, 1.82) is 0 Å². The minimum atomic E-state index is -0.489. The lowest BCUT2D eigenvalue weighted by Gasteiger charge is -2.02. The van der Waals surface area contributed by atoms with Gasteiger partial charge in [0.2, 0.25) is 0 Å². The summed E-state index contributed by atoms with van der Waals surface area (Å²) in [6, 6.07) is 1.29. The van der Waals surface area contributed by atoms with Crippen LogP contribution in [-0.4, -0.2) is 20.9 Å². The highest BCUT2D eigenvalue weighted by atomic mass is 16.2. The number of pyridine rings is 1. The van der Waals surface area contributed by atoms with Gasteiger partial charge in [-0.3, -0.25) is 9.59 Å². The minimum Gasteiger partial charge on any atom is -0.367 e. The molecule has 0 spiro atoms. The fraction of sp³-hybridized carbons (Fsp3) is 0. The molecule has 2 rings (SSSR count). The topological polar surface area (TPSA) is 87.7 Å². The van der Waals surface area contributed by atoms with E-state index in [-0.39, 0.29) is 11.0 Å². The number of carbonyl (C=O) groups excluding carboxylic acids is 1. The van der Waals surface area contributed by atoms with Crippen LogP contribution in [0.2, 0.25) is 0 Å². The molecule has 0 atom stereocenters. The monoisotopic (exact) mass is 216 g/mol. The predicted molar refractivity (Wildman–Crippen MR) is 57.0 cm³/mol. The van der Waals surface area contributed by atoms with Crippen molar-refractivity contribution in [3.05, 3.63) is 53.0 Å². The van der Waals surface area contributed by atoms with Crippen molar-refractivity contribution in [3.63, 3.8) is 0 Å². The molecule has 0 fully saturated rings. The molecule has 0 bridgehead atoms. The van der Waals surface area contributed by atoms with Gasteiger partial charge in [-0.1, -0.05) is 0 Å². The first kappa shape index (κ1) is 10.0. The quantitative estimate of drug-likeness (QED) is 0.761. The van der Waals surface area contributed by atoms with Crippen LogP contribution < -0.4 is 10.7 Å². The molecule has 6 nitrogen and oxygen atoms in total. The lowest BCUT2D eigenvalue weighted by Crippen LogP contribution is -2.20. The molecule has 0 aromatic carbocycles. The number of nitrogens with zero attached hydrogens (tertiary/aromatic N) is 2. The number of anilines is 1.